The molecule has 0 bridgehead atoms. The number of carbonyl (C=O) groups excluding carboxylic acids is 2. The van der Waals surface area contributed by atoms with Crippen molar-refractivity contribution in [1.29, 1.82) is 0 Å². The Morgan fingerprint density at radius 3 is 2.76 bits per heavy atom. The van der Waals surface area contributed by atoms with Crippen LogP contribution in [0.4, 0.5) is 0 Å². The number of piperazine rings is 1. The van der Waals surface area contributed by atoms with Gasteiger partial charge in [0.15, 0.2) is 0 Å². The van der Waals surface area contributed by atoms with Crippen LogP contribution >= 0.6 is 0 Å². The number of hydrogen-bond donors (Lipinski definition) is 1. The number of para-hydroxylation sites is 1. The highest BCUT2D eigenvalue weighted by atomic mass is 16.5. The van der Waals surface area contributed by atoms with Crippen LogP contribution in [0.5, 0.6) is 5.75 Å². The molecule has 1 N–H and O–H groups in total. The Balaban J connectivity index is 1.66. The number of benzene rings is 1. The molecule has 1 saturated heterocycles. The first kappa shape index (κ1) is 12.7. The van der Waals surface area contributed by atoms with Crippen LogP contribution < -0.4 is 10.1 Å². The minimum absolute atomic E-state index is 0.0459. The topological polar surface area (TPSA) is 58.6 Å². The van der Waals surface area contributed by atoms with Crippen LogP contribution in [-0.2, 0) is 9.59 Å². The van der Waals surface area contributed by atoms with E-state index in [0.29, 0.717) is 12.5 Å². The number of nitrogens with zero attached hydrogens (tertiary/aromatic N) is 1. The number of nitrogens with one attached hydrogen (secondary N) is 1. The van der Waals surface area contributed by atoms with Gasteiger partial charge < -0.3 is 15.0 Å². The zero-order valence-corrected chi connectivity index (χ0v) is 11.7. The molecule has 1 saturated carbocycles. The average molecular weight is 286 g/mol. The van der Waals surface area contributed by atoms with E-state index in [2.05, 4.69) is 5.32 Å². The molecule has 2 amide bonds. The lowest BCUT2D eigenvalue weighted by Crippen LogP contribution is -2.59. The quantitative estimate of drug-likeness (QED) is 0.890. The summed E-state index contributed by atoms with van der Waals surface area (Å²) in [5.74, 6) is 1.18. The molecule has 21 heavy (non-hydrogen) atoms. The molecule has 110 valence electrons. The highest BCUT2D eigenvalue weighted by Gasteiger charge is 2.45. The number of hydrogen-bond acceptors (Lipinski definition) is 3. The SMILES string of the molecule is O=C1CN(C2CCOc3ccccc32)C(=O)C(C2CC2)N1. The normalized spacial score (nSPS) is 28.7. The van der Waals surface area contributed by atoms with Crippen molar-refractivity contribution in [2.75, 3.05) is 13.2 Å². The van der Waals surface area contributed by atoms with Crippen LogP contribution in [0.25, 0.3) is 0 Å². The second-order valence-electron chi connectivity index (χ2n) is 6.04. The van der Waals surface area contributed by atoms with E-state index in [-0.39, 0.29) is 30.4 Å². The van der Waals surface area contributed by atoms with Crippen LogP contribution in [-0.4, -0.2) is 35.9 Å². The van der Waals surface area contributed by atoms with Gasteiger partial charge in [-0.05, 0) is 24.8 Å². The lowest BCUT2D eigenvalue weighted by atomic mass is 9.96. The van der Waals surface area contributed by atoms with E-state index in [4.69, 9.17) is 4.74 Å². The number of ether oxygens (including phenoxy) is 1. The first-order chi connectivity index (χ1) is 10.2. The van der Waals surface area contributed by atoms with Crippen LogP contribution in [0, 0.1) is 5.92 Å². The van der Waals surface area contributed by atoms with Gasteiger partial charge in [0.05, 0.1) is 12.6 Å². The molecule has 0 spiro atoms. The van der Waals surface area contributed by atoms with E-state index in [1.807, 2.05) is 24.3 Å². The van der Waals surface area contributed by atoms with Gasteiger partial charge in [0, 0.05) is 12.0 Å². The standard InChI is InChI=1S/C16H18N2O3/c19-14-9-18(16(20)15(17-14)10-5-6-10)12-7-8-21-13-4-2-1-3-11(12)13/h1-4,10,12,15H,5-9H2,(H,17,19). The summed E-state index contributed by atoms with van der Waals surface area (Å²) in [6, 6.07) is 7.43. The third-order valence-corrected chi connectivity index (χ3v) is 4.58. The highest BCUT2D eigenvalue weighted by Crippen LogP contribution is 2.39. The first-order valence-electron chi connectivity index (χ1n) is 7.55. The molecule has 2 fully saturated rings. The highest BCUT2D eigenvalue weighted by molar-refractivity contribution is 5.95. The molecule has 5 nitrogen and oxygen atoms in total. The van der Waals surface area contributed by atoms with E-state index in [1.54, 1.807) is 4.90 Å². The van der Waals surface area contributed by atoms with Crippen LogP contribution in [0.1, 0.15) is 30.9 Å². The minimum atomic E-state index is -0.318. The van der Waals surface area contributed by atoms with E-state index in [0.717, 1.165) is 30.6 Å². The largest absolute Gasteiger partial charge is 0.493 e. The Labute approximate surface area is 123 Å². The maximum atomic E-state index is 12.7. The summed E-state index contributed by atoms with van der Waals surface area (Å²) in [6.45, 7) is 0.738. The lowest BCUT2D eigenvalue weighted by Gasteiger charge is -2.40. The van der Waals surface area contributed by atoms with Gasteiger partial charge in [-0.3, -0.25) is 9.59 Å². The monoisotopic (exact) mass is 286 g/mol. The molecule has 1 aromatic rings. The second-order valence-corrected chi connectivity index (χ2v) is 6.04. The fraction of sp³-hybridized carbons (Fsp3) is 0.500. The van der Waals surface area contributed by atoms with Gasteiger partial charge in [-0.2, -0.15) is 0 Å². The molecule has 2 aliphatic heterocycles. The fourth-order valence-electron chi connectivity index (χ4n) is 3.35. The van der Waals surface area contributed by atoms with Gasteiger partial charge in [-0.15, -0.1) is 0 Å². The summed E-state index contributed by atoms with van der Waals surface area (Å²) in [5.41, 5.74) is 1.02. The van der Waals surface area contributed by atoms with Crippen molar-refractivity contribution >= 4 is 11.8 Å². The van der Waals surface area contributed by atoms with E-state index in [9.17, 15) is 9.59 Å². The molecule has 0 radical (unpaired) electrons. The number of amides is 2. The zero-order chi connectivity index (χ0) is 14.4. The predicted octanol–water partition coefficient (Wildman–Crippen LogP) is 1.25. The second kappa shape index (κ2) is 4.76. The molecule has 1 aromatic carbocycles. The third-order valence-electron chi connectivity index (χ3n) is 4.58. The Hall–Kier alpha value is -2.04. The van der Waals surface area contributed by atoms with Crippen molar-refractivity contribution in [3.8, 4) is 5.75 Å². The lowest BCUT2D eigenvalue weighted by molar-refractivity contribution is -0.148. The molecule has 2 atom stereocenters. The smallest absolute Gasteiger partial charge is 0.246 e. The van der Waals surface area contributed by atoms with Crippen molar-refractivity contribution < 1.29 is 14.3 Å². The summed E-state index contributed by atoms with van der Waals surface area (Å²) in [7, 11) is 0. The van der Waals surface area contributed by atoms with Crippen molar-refractivity contribution in [3.63, 3.8) is 0 Å². The van der Waals surface area contributed by atoms with Gasteiger partial charge in [0.1, 0.15) is 18.3 Å². The summed E-state index contributed by atoms with van der Waals surface area (Å²) < 4.78 is 5.65. The maximum Gasteiger partial charge on any atom is 0.246 e. The Morgan fingerprint density at radius 2 is 1.95 bits per heavy atom. The van der Waals surface area contributed by atoms with Crippen molar-refractivity contribution in [3.05, 3.63) is 29.8 Å². The van der Waals surface area contributed by atoms with Gasteiger partial charge in [-0.1, -0.05) is 18.2 Å². The molecule has 4 rings (SSSR count). The minimum Gasteiger partial charge on any atom is -0.493 e. The number of fused-ring (bicyclic) bond motifs is 1. The van der Waals surface area contributed by atoms with Crippen LogP contribution in [0.3, 0.4) is 0 Å². The molecule has 2 unspecified atom stereocenters. The zero-order valence-electron chi connectivity index (χ0n) is 11.7. The summed E-state index contributed by atoms with van der Waals surface area (Å²) in [6.07, 6.45) is 2.82. The van der Waals surface area contributed by atoms with Crippen molar-refractivity contribution in [1.82, 2.24) is 10.2 Å². The van der Waals surface area contributed by atoms with E-state index >= 15 is 0 Å². The molecular formula is C16H18N2O3. The van der Waals surface area contributed by atoms with Crippen molar-refractivity contribution in [2.24, 2.45) is 5.92 Å². The fourth-order valence-corrected chi connectivity index (χ4v) is 3.35. The summed E-state index contributed by atoms with van der Waals surface area (Å²) in [5, 5.41) is 2.86. The molecule has 3 aliphatic rings. The summed E-state index contributed by atoms with van der Waals surface area (Å²) >= 11 is 0. The number of carbonyl (C=O) groups is 2. The molecular weight excluding hydrogens is 268 g/mol. The van der Waals surface area contributed by atoms with Gasteiger partial charge in [-0.25, -0.2) is 0 Å². The molecule has 2 heterocycles. The van der Waals surface area contributed by atoms with Gasteiger partial charge >= 0.3 is 0 Å². The molecule has 5 heteroatoms. The van der Waals surface area contributed by atoms with Crippen LogP contribution in [0.15, 0.2) is 24.3 Å². The van der Waals surface area contributed by atoms with E-state index in [1.165, 1.54) is 0 Å². The van der Waals surface area contributed by atoms with Crippen LogP contribution in [0.2, 0.25) is 0 Å². The third kappa shape index (κ3) is 2.17. The van der Waals surface area contributed by atoms with Gasteiger partial charge in [0.2, 0.25) is 11.8 Å². The molecule has 1 aliphatic carbocycles. The maximum absolute atomic E-state index is 12.7. The number of rotatable bonds is 2. The Kier molecular flexibility index (Phi) is 2.87. The Morgan fingerprint density at radius 1 is 1.14 bits per heavy atom. The van der Waals surface area contributed by atoms with Crippen molar-refractivity contribution in [2.45, 2.75) is 31.3 Å². The summed E-state index contributed by atoms with van der Waals surface area (Å²) in [4.78, 5) is 26.5. The van der Waals surface area contributed by atoms with Gasteiger partial charge in [0.25, 0.3) is 0 Å². The Bertz CT molecular complexity index is 597. The average Bonchev–Trinajstić information content (AvgIpc) is 3.33. The molecule has 0 aromatic heterocycles. The first-order valence-corrected chi connectivity index (χ1v) is 7.55. The predicted molar refractivity (Wildman–Crippen MR) is 75.7 cm³/mol. The van der Waals surface area contributed by atoms with E-state index < -0.39 is 0 Å².